The van der Waals surface area contributed by atoms with Gasteiger partial charge in [-0.3, -0.25) is 0 Å². The maximum Gasteiger partial charge on any atom is 0.347 e. The molecule has 0 saturated carbocycles. The lowest BCUT2D eigenvalue weighted by Gasteiger charge is -2.12. The van der Waals surface area contributed by atoms with Crippen LogP contribution in [0, 0.1) is 0 Å². The van der Waals surface area contributed by atoms with Crippen LogP contribution in [0.25, 0.3) is 11.1 Å². The molecule has 0 fully saturated rings. The molecule has 6 heteroatoms. The molecule has 0 amide bonds. The highest BCUT2D eigenvalue weighted by Crippen LogP contribution is 2.25. The van der Waals surface area contributed by atoms with Crippen molar-refractivity contribution < 1.29 is 28.5 Å². The van der Waals surface area contributed by atoms with Crippen molar-refractivity contribution in [2.24, 2.45) is 0 Å². The fraction of sp³-hybridized carbons (Fsp3) is 0.524. The molecular formula is C42H58O6. The van der Waals surface area contributed by atoms with Gasteiger partial charge in [0.25, 0.3) is 0 Å². The topological polar surface area (TPSA) is 71.1 Å². The zero-order chi connectivity index (χ0) is 34.2. The Kier molecular flexibility index (Phi) is 18.9. The summed E-state index contributed by atoms with van der Waals surface area (Å²) >= 11 is 0. The summed E-state index contributed by atoms with van der Waals surface area (Å²) in [7, 11) is 0. The third-order valence-corrected chi connectivity index (χ3v) is 8.56. The number of hydrogen-bond donors (Lipinski definition) is 0. The molecule has 3 aromatic carbocycles. The molecule has 0 heterocycles. The number of hydrogen-bond acceptors (Lipinski definition) is 6. The smallest absolute Gasteiger partial charge is 0.347 e. The summed E-state index contributed by atoms with van der Waals surface area (Å²) in [6, 6.07) is 23.2. The monoisotopic (exact) mass is 658 g/mol. The number of ether oxygens (including phenoxy) is 4. The lowest BCUT2D eigenvalue weighted by Crippen LogP contribution is -2.26. The van der Waals surface area contributed by atoms with E-state index in [4.69, 9.17) is 18.9 Å². The Bertz CT molecular complexity index is 1280. The minimum absolute atomic E-state index is 0.236. The van der Waals surface area contributed by atoms with Crippen LogP contribution in [-0.2, 0) is 20.9 Å². The number of carbonyl (C=O) groups is 2. The van der Waals surface area contributed by atoms with E-state index in [-0.39, 0.29) is 6.61 Å². The van der Waals surface area contributed by atoms with Crippen LogP contribution in [0.15, 0.2) is 72.8 Å². The molecule has 0 spiro atoms. The summed E-state index contributed by atoms with van der Waals surface area (Å²) in [5.74, 6) is 0.540. The lowest BCUT2D eigenvalue weighted by atomic mass is 10.0. The summed E-state index contributed by atoms with van der Waals surface area (Å²) in [5, 5.41) is 0. The van der Waals surface area contributed by atoms with E-state index in [2.05, 4.69) is 19.1 Å². The molecule has 1 atom stereocenters. The number of benzene rings is 3. The van der Waals surface area contributed by atoms with Crippen molar-refractivity contribution in [3.8, 4) is 22.6 Å². The van der Waals surface area contributed by atoms with Crippen molar-refractivity contribution >= 4 is 11.9 Å². The van der Waals surface area contributed by atoms with Gasteiger partial charge in [-0.1, -0.05) is 133 Å². The van der Waals surface area contributed by atoms with E-state index in [1.807, 2.05) is 48.5 Å². The third kappa shape index (κ3) is 15.4. The van der Waals surface area contributed by atoms with Crippen LogP contribution in [-0.4, -0.2) is 31.3 Å². The highest BCUT2D eigenvalue weighted by Gasteiger charge is 2.19. The molecule has 1 unspecified atom stereocenters. The Hall–Kier alpha value is -3.80. The Morgan fingerprint density at radius 2 is 1.02 bits per heavy atom. The molecule has 0 aliphatic rings. The van der Waals surface area contributed by atoms with Crippen LogP contribution >= 0.6 is 0 Å². The summed E-state index contributed by atoms with van der Waals surface area (Å²) in [5.41, 5.74) is 3.51. The SMILES string of the molecule is CCCCCCCCCCCCCCCCCOc1ccc(-c2ccc(OCc3ccc(C(=O)OC(C)C(=O)OCC)cc3)cc2)cc1. The Morgan fingerprint density at radius 1 is 0.562 bits per heavy atom. The minimum Gasteiger partial charge on any atom is -0.494 e. The Labute approximate surface area is 289 Å². The number of carbonyl (C=O) groups excluding carboxylic acids is 2. The van der Waals surface area contributed by atoms with Crippen LogP contribution in [0.5, 0.6) is 11.5 Å². The second-order valence-electron chi connectivity index (χ2n) is 12.6. The van der Waals surface area contributed by atoms with Crippen molar-refractivity contribution in [2.75, 3.05) is 13.2 Å². The molecule has 262 valence electrons. The van der Waals surface area contributed by atoms with E-state index in [0.29, 0.717) is 12.2 Å². The fourth-order valence-electron chi connectivity index (χ4n) is 5.59. The highest BCUT2D eigenvalue weighted by molar-refractivity contribution is 5.91. The first-order valence-electron chi connectivity index (χ1n) is 18.4. The maximum absolute atomic E-state index is 12.3. The molecule has 0 saturated heterocycles. The molecule has 0 bridgehead atoms. The van der Waals surface area contributed by atoms with Gasteiger partial charge >= 0.3 is 11.9 Å². The molecule has 0 radical (unpaired) electrons. The van der Waals surface area contributed by atoms with Crippen molar-refractivity contribution in [3.05, 3.63) is 83.9 Å². The Balaban J connectivity index is 1.25. The van der Waals surface area contributed by atoms with Gasteiger partial charge in [-0.05, 0) is 73.4 Å². The van der Waals surface area contributed by atoms with Gasteiger partial charge in [0.1, 0.15) is 18.1 Å². The van der Waals surface area contributed by atoms with Crippen LogP contribution in [0.2, 0.25) is 0 Å². The van der Waals surface area contributed by atoms with E-state index in [1.54, 1.807) is 19.1 Å². The van der Waals surface area contributed by atoms with E-state index in [9.17, 15) is 9.59 Å². The maximum atomic E-state index is 12.3. The number of esters is 2. The lowest BCUT2D eigenvalue weighted by molar-refractivity contribution is -0.152. The van der Waals surface area contributed by atoms with Gasteiger partial charge < -0.3 is 18.9 Å². The minimum atomic E-state index is -0.955. The molecule has 3 rings (SSSR count). The first-order chi connectivity index (χ1) is 23.5. The van der Waals surface area contributed by atoms with Crippen molar-refractivity contribution in [1.82, 2.24) is 0 Å². The van der Waals surface area contributed by atoms with E-state index < -0.39 is 18.0 Å². The average molecular weight is 659 g/mol. The van der Waals surface area contributed by atoms with Crippen LogP contribution in [0.1, 0.15) is 133 Å². The van der Waals surface area contributed by atoms with Crippen LogP contribution < -0.4 is 9.47 Å². The van der Waals surface area contributed by atoms with Gasteiger partial charge in [-0.15, -0.1) is 0 Å². The summed E-state index contributed by atoms with van der Waals surface area (Å²) < 4.78 is 22.0. The van der Waals surface area contributed by atoms with Crippen molar-refractivity contribution in [2.45, 2.75) is 130 Å². The third-order valence-electron chi connectivity index (χ3n) is 8.56. The van der Waals surface area contributed by atoms with Gasteiger partial charge in [0.2, 0.25) is 0 Å². The van der Waals surface area contributed by atoms with Crippen molar-refractivity contribution in [3.63, 3.8) is 0 Å². The molecule has 48 heavy (non-hydrogen) atoms. The van der Waals surface area contributed by atoms with Crippen molar-refractivity contribution in [1.29, 1.82) is 0 Å². The first kappa shape index (κ1) is 38.6. The van der Waals surface area contributed by atoms with Gasteiger partial charge in [0, 0.05) is 0 Å². The molecule has 0 aliphatic heterocycles. The molecule has 0 aromatic heterocycles. The van der Waals surface area contributed by atoms with E-state index in [0.717, 1.165) is 41.2 Å². The Morgan fingerprint density at radius 3 is 1.50 bits per heavy atom. The zero-order valence-electron chi connectivity index (χ0n) is 29.7. The number of rotatable bonds is 25. The molecular weight excluding hydrogens is 600 g/mol. The summed E-state index contributed by atoms with van der Waals surface area (Å²) in [6.07, 6.45) is 19.5. The summed E-state index contributed by atoms with van der Waals surface area (Å²) in [4.78, 5) is 24.0. The fourth-order valence-corrected chi connectivity index (χ4v) is 5.59. The predicted octanol–water partition coefficient (Wildman–Crippen LogP) is 11.3. The quantitative estimate of drug-likeness (QED) is 0.0666. The van der Waals surface area contributed by atoms with Crippen LogP contribution in [0.3, 0.4) is 0 Å². The van der Waals surface area contributed by atoms with E-state index in [1.165, 1.54) is 96.8 Å². The molecule has 6 nitrogen and oxygen atoms in total. The standard InChI is InChI=1S/C42H58O6/c1-4-6-7-8-9-10-11-12-13-14-15-16-17-18-19-32-46-39-28-24-36(25-29-39)37-26-30-40(31-27-37)47-33-35-20-22-38(23-21-35)42(44)48-34(3)41(43)45-5-2/h20-31,34H,4-19,32-33H2,1-3H3. The largest absolute Gasteiger partial charge is 0.494 e. The summed E-state index contributed by atoms with van der Waals surface area (Å²) in [6.45, 7) is 6.85. The van der Waals surface area contributed by atoms with Gasteiger partial charge in [0.05, 0.1) is 18.8 Å². The van der Waals surface area contributed by atoms with E-state index >= 15 is 0 Å². The average Bonchev–Trinajstić information content (AvgIpc) is 3.11. The zero-order valence-corrected chi connectivity index (χ0v) is 29.7. The normalized spacial score (nSPS) is 11.6. The first-order valence-corrected chi connectivity index (χ1v) is 18.4. The predicted molar refractivity (Wildman–Crippen MR) is 195 cm³/mol. The van der Waals surface area contributed by atoms with Gasteiger partial charge in [-0.25, -0.2) is 9.59 Å². The second-order valence-corrected chi connectivity index (χ2v) is 12.6. The van der Waals surface area contributed by atoms with Gasteiger partial charge in [0.15, 0.2) is 6.10 Å². The second kappa shape index (κ2) is 23.5. The van der Waals surface area contributed by atoms with Gasteiger partial charge in [-0.2, -0.15) is 0 Å². The highest BCUT2D eigenvalue weighted by atomic mass is 16.6. The molecule has 3 aromatic rings. The molecule has 0 N–H and O–H groups in total. The molecule has 0 aliphatic carbocycles. The van der Waals surface area contributed by atoms with Crippen LogP contribution in [0.4, 0.5) is 0 Å². The number of unbranched alkanes of at least 4 members (excludes halogenated alkanes) is 14.